The summed E-state index contributed by atoms with van der Waals surface area (Å²) in [7, 11) is 3.78. The molecule has 0 aliphatic heterocycles. The Bertz CT molecular complexity index is 709. The second-order valence-corrected chi connectivity index (χ2v) is 7.45. The van der Waals surface area contributed by atoms with E-state index in [1.165, 1.54) is 5.57 Å². The molecular weight excluding hydrogens is 313 g/mol. The topological polar surface area (TPSA) is 40.2 Å². The predicted octanol–water partition coefficient (Wildman–Crippen LogP) is 5.16. The molecule has 2 rings (SSSR count). The minimum atomic E-state index is -0.0732. The van der Waals surface area contributed by atoms with E-state index in [1.54, 1.807) is 7.05 Å². The highest BCUT2D eigenvalue weighted by molar-refractivity contribution is 5.98. The first-order chi connectivity index (χ1) is 11.8. The summed E-state index contributed by atoms with van der Waals surface area (Å²) in [6.07, 6.45) is 3.78. The van der Waals surface area contributed by atoms with Gasteiger partial charge in [0.25, 0.3) is 0 Å². The van der Waals surface area contributed by atoms with Crippen molar-refractivity contribution in [3.05, 3.63) is 40.2 Å². The number of aryl methyl sites for hydroxylation is 1. The van der Waals surface area contributed by atoms with E-state index in [4.69, 9.17) is 0 Å². The Hall–Kier alpha value is -1.68. The Morgan fingerprint density at radius 1 is 1.44 bits per heavy atom. The molecule has 0 bridgehead atoms. The van der Waals surface area contributed by atoms with Gasteiger partial charge in [-0.2, -0.15) is 0 Å². The number of hydrogen-bond donors (Lipinski definition) is 2. The molecule has 2 N–H and O–H groups in total. The van der Waals surface area contributed by atoms with Crippen LogP contribution in [0.1, 0.15) is 63.4 Å². The first-order valence-electron chi connectivity index (χ1n) is 9.17. The maximum absolute atomic E-state index is 14.8. The highest BCUT2D eigenvalue weighted by atomic mass is 19.1. The molecule has 0 saturated carbocycles. The maximum Gasteiger partial charge on any atom is 0.132 e. The van der Waals surface area contributed by atoms with E-state index in [-0.39, 0.29) is 11.7 Å². The van der Waals surface area contributed by atoms with Gasteiger partial charge in [-0.25, -0.2) is 4.39 Å². The van der Waals surface area contributed by atoms with Gasteiger partial charge in [0, 0.05) is 48.1 Å². The lowest BCUT2D eigenvalue weighted by Crippen LogP contribution is -2.24. The third-order valence-electron chi connectivity index (χ3n) is 5.49. The molecule has 3 nitrogen and oxygen atoms in total. The molecule has 0 amide bonds. The summed E-state index contributed by atoms with van der Waals surface area (Å²) in [5.74, 6) is 0.473. The smallest absolute Gasteiger partial charge is 0.132 e. The van der Waals surface area contributed by atoms with E-state index in [9.17, 15) is 4.39 Å². The minimum Gasteiger partial charge on any atom is -0.361 e. The van der Waals surface area contributed by atoms with Gasteiger partial charge < -0.3 is 10.3 Å². The highest BCUT2D eigenvalue weighted by Crippen LogP contribution is 2.44. The standard InChI is InChI=1S/C21H32FN3/c1-12(8-14(3)23-6)13(2)9-17(24-7)11-18-16(5)21-19(20(18)22)10-15(4)25-21/h9-10,12,14,16,23,25H,8,11H2,1-7H3/b13-9+,24-17+/t12?,14-,16?/m1/s1. The quantitative estimate of drug-likeness (QED) is 0.658. The van der Waals surface area contributed by atoms with Gasteiger partial charge in [-0.1, -0.05) is 19.4 Å². The van der Waals surface area contributed by atoms with E-state index in [0.717, 1.165) is 34.7 Å². The van der Waals surface area contributed by atoms with Crippen LogP contribution in [0.5, 0.6) is 0 Å². The highest BCUT2D eigenvalue weighted by Gasteiger charge is 2.30. The molecule has 1 aliphatic carbocycles. The Kier molecular flexibility index (Phi) is 6.39. The van der Waals surface area contributed by atoms with Crippen LogP contribution >= 0.6 is 0 Å². The molecule has 0 radical (unpaired) electrons. The summed E-state index contributed by atoms with van der Waals surface area (Å²) >= 11 is 0. The van der Waals surface area contributed by atoms with E-state index < -0.39 is 0 Å². The Labute approximate surface area is 151 Å². The number of allylic oxidation sites excluding steroid dienone is 3. The van der Waals surface area contributed by atoms with Crippen LogP contribution in [0.2, 0.25) is 0 Å². The van der Waals surface area contributed by atoms with Crippen LogP contribution in [0.4, 0.5) is 4.39 Å². The van der Waals surface area contributed by atoms with E-state index >= 15 is 0 Å². The van der Waals surface area contributed by atoms with Crippen molar-refractivity contribution in [2.24, 2.45) is 10.9 Å². The molecule has 1 heterocycles. The number of halogens is 1. The molecule has 0 aromatic carbocycles. The Balaban J connectivity index is 2.15. The van der Waals surface area contributed by atoms with E-state index in [1.807, 2.05) is 20.0 Å². The number of hydrogen-bond acceptors (Lipinski definition) is 2. The second-order valence-electron chi connectivity index (χ2n) is 7.45. The number of rotatable bonds is 7. The summed E-state index contributed by atoms with van der Waals surface area (Å²) in [6, 6.07) is 2.38. The summed E-state index contributed by atoms with van der Waals surface area (Å²) in [5.41, 5.74) is 5.81. The number of aliphatic imine (C=N–C) groups is 1. The second kappa shape index (κ2) is 8.13. The molecule has 1 aromatic heterocycles. The van der Waals surface area contributed by atoms with Crippen molar-refractivity contribution < 1.29 is 4.39 Å². The summed E-state index contributed by atoms with van der Waals surface area (Å²) < 4.78 is 14.8. The van der Waals surface area contributed by atoms with Crippen LogP contribution < -0.4 is 5.32 Å². The number of aromatic amines is 1. The largest absolute Gasteiger partial charge is 0.361 e. The van der Waals surface area contributed by atoms with Gasteiger partial charge >= 0.3 is 0 Å². The fraction of sp³-hybridized carbons (Fsp3) is 0.571. The molecule has 0 fully saturated rings. The molecule has 0 saturated heterocycles. The van der Waals surface area contributed by atoms with Crippen molar-refractivity contribution >= 4 is 11.5 Å². The van der Waals surface area contributed by atoms with Crippen molar-refractivity contribution in [3.63, 3.8) is 0 Å². The molecule has 0 spiro atoms. The van der Waals surface area contributed by atoms with Crippen molar-refractivity contribution in [2.45, 2.75) is 59.4 Å². The first kappa shape index (κ1) is 19.6. The molecule has 2 unspecified atom stereocenters. The van der Waals surface area contributed by atoms with Gasteiger partial charge in [0.05, 0.1) is 0 Å². The average Bonchev–Trinajstić information content (AvgIpc) is 3.06. The van der Waals surface area contributed by atoms with Crippen LogP contribution in [0, 0.1) is 12.8 Å². The lowest BCUT2D eigenvalue weighted by atomic mass is 9.92. The van der Waals surface area contributed by atoms with Gasteiger partial charge in [-0.15, -0.1) is 0 Å². The zero-order valence-corrected chi connectivity index (χ0v) is 16.6. The maximum atomic E-state index is 14.8. The summed E-state index contributed by atoms with van der Waals surface area (Å²) in [4.78, 5) is 7.72. The van der Waals surface area contributed by atoms with Crippen LogP contribution in [-0.4, -0.2) is 30.8 Å². The molecule has 1 aromatic rings. The molecule has 3 atom stereocenters. The number of nitrogens with zero attached hydrogens (tertiary/aromatic N) is 1. The zero-order valence-electron chi connectivity index (χ0n) is 16.6. The summed E-state index contributed by atoms with van der Waals surface area (Å²) in [6.45, 7) is 10.6. The fourth-order valence-corrected chi connectivity index (χ4v) is 3.53. The van der Waals surface area contributed by atoms with Gasteiger partial charge in [0.2, 0.25) is 0 Å². The average molecular weight is 346 g/mol. The zero-order chi connectivity index (χ0) is 18.7. The molecule has 1 aliphatic rings. The number of fused-ring (bicyclic) bond motifs is 1. The normalized spacial score (nSPS) is 20.9. The van der Waals surface area contributed by atoms with Crippen LogP contribution in [0.25, 0.3) is 5.83 Å². The SMILES string of the molecule is C/N=C(\C=C(/C)C(C)C[C@@H](C)NC)CC1=C(F)c2cc(C)[nH]c2C1C. The van der Waals surface area contributed by atoms with Crippen molar-refractivity contribution in [3.8, 4) is 0 Å². The lowest BCUT2D eigenvalue weighted by molar-refractivity contribution is 0.484. The Morgan fingerprint density at radius 2 is 2.12 bits per heavy atom. The van der Waals surface area contributed by atoms with E-state index in [0.29, 0.717) is 18.4 Å². The van der Waals surface area contributed by atoms with Crippen molar-refractivity contribution in [1.29, 1.82) is 0 Å². The van der Waals surface area contributed by atoms with Crippen LogP contribution in [0.15, 0.2) is 28.3 Å². The third kappa shape index (κ3) is 4.30. The van der Waals surface area contributed by atoms with E-state index in [2.05, 4.69) is 49.1 Å². The fourth-order valence-electron chi connectivity index (χ4n) is 3.53. The number of aromatic nitrogens is 1. The van der Waals surface area contributed by atoms with Crippen LogP contribution in [0.3, 0.4) is 0 Å². The monoisotopic (exact) mass is 345 g/mol. The van der Waals surface area contributed by atoms with Crippen molar-refractivity contribution in [2.75, 3.05) is 14.1 Å². The van der Waals surface area contributed by atoms with Crippen LogP contribution in [-0.2, 0) is 0 Å². The number of H-pyrrole nitrogens is 1. The molecule has 138 valence electrons. The first-order valence-corrected chi connectivity index (χ1v) is 9.17. The predicted molar refractivity (Wildman–Crippen MR) is 106 cm³/mol. The molecule has 25 heavy (non-hydrogen) atoms. The third-order valence-corrected chi connectivity index (χ3v) is 5.49. The Morgan fingerprint density at radius 3 is 2.68 bits per heavy atom. The number of nitrogens with one attached hydrogen (secondary N) is 2. The minimum absolute atomic E-state index is 0.0732. The van der Waals surface area contributed by atoms with Gasteiger partial charge in [-0.05, 0) is 57.9 Å². The lowest BCUT2D eigenvalue weighted by Gasteiger charge is -2.18. The van der Waals surface area contributed by atoms with Gasteiger partial charge in [0.1, 0.15) is 5.83 Å². The van der Waals surface area contributed by atoms with Gasteiger partial charge in [0.15, 0.2) is 0 Å². The van der Waals surface area contributed by atoms with Gasteiger partial charge in [-0.3, -0.25) is 4.99 Å². The molecule has 4 heteroatoms. The van der Waals surface area contributed by atoms with Crippen molar-refractivity contribution in [1.82, 2.24) is 10.3 Å². The summed E-state index contributed by atoms with van der Waals surface area (Å²) in [5, 5.41) is 3.28. The molecular formula is C21H32FN3.